The van der Waals surface area contributed by atoms with Crippen molar-refractivity contribution >= 4 is 23.5 Å². The molecule has 2 rings (SSSR count). The van der Waals surface area contributed by atoms with E-state index in [0.29, 0.717) is 12.2 Å². The molecule has 1 heterocycles. The van der Waals surface area contributed by atoms with Crippen molar-refractivity contribution in [3.63, 3.8) is 0 Å². The van der Waals surface area contributed by atoms with Gasteiger partial charge in [0.05, 0.1) is 18.5 Å². The molecule has 0 spiro atoms. The van der Waals surface area contributed by atoms with E-state index < -0.39 is 12.4 Å². The van der Waals surface area contributed by atoms with Gasteiger partial charge in [0.15, 0.2) is 6.29 Å². The highest BCUT2D eigenvalue weighted by molar-refractivity contribution is 5.99. The molecule has 0 fully saturated rings. The number of fused-ring (bicyclic) bond motifs is 1. The molecule has 21 heavy (non-hydrogen) atoms. The van der Waals surface area contributed by atoms with E-state index in [1.54, 1.807) is 0 Å². The SMILES string of the molecule is CCCCNC(=O)N1c2ccccc2NC1NC(=O)OC. The van der Waals surface area contributed by atoms with Crippen molar-refractivity contribution in [3.05, 3.63) is 24.3 Å². The number of benzene rings is 1. The highest BCUT2D eigenvalue weighted by Crippen LogP contribution is 2.33. The molecule has 0 bridgehead atoms. The zero-order valence-corrected chi connectivity index (χ0v) is 12.2. The van der Waals surface area contributed by atoms with Crippen molar-refractivity contribution in [2.75, 3.05) is 23.9 Å². The van der Waals surface area contributed by atoms with Crippen molar-refractivity contribution in [1.82, 2.24) is 10.6 Å². The third kappa shape index (κ3) is 3.36. The van der Waals surface area contributed by atoms with Crippen LogP contribution in [0.3, 0.4) is 0 Å². The fraction of sp³-hybridized carbons (Fsp3) is 0.429. The predicted octanol–water partition coefficient (Wildman–Crippen LogP) is 2.07. The molecule has 7 nitrogen and oxygen atoms in total. The Hall–Kier alpha value is -2.44. The molecule has 1 aromatic carbocycles. The summed E-state index contributed by atoms with van der Waals surface area (Å²) in [6, 6.07) is 7.11. The van der Waals surface area contributed by atoms with Gasteiger partial charge in [0.25, 0.3) is 0 Å². The maximum Gasteiger partial charge on any atom is 0.409 e. The number of nitrogens with one attached hydrogen (secondary N) is 3. The van der Waals surface area contributed by atoms with Gasteiger partial charge >= 0.3 is 12.1 Å². The molecule has 0 saturated heterocycles. The minimum absolute atomic E-state index is 0.262. The second kappa shape index (κ2) is 6.83. The summed E-state index contributed by atoms with van der Waals surface area (Å²) >= 11 is 0. The van der Waals surface area contributed by atoms with E-state index in [1.807, 2.05) is 24.3 Å². The summed E-state index contributed by atoms with van der Waals surface area (Å²) in [5, 5.41) is 8.51. The van der Waals surface area contributed by atoms with Crippen LogP contribution in [-0.2, 0) is 4.74 Å². The summed E-state index contributed by atoms with van der Waals surface area (Å²) in [6.07, 6.45) is 0.631. The minimum atomic E-state index is -0.670. The normalized spacial score (nSPS) is 15.9. The van der Waals surface area contributed by atoms with E-state index in [1.165, 1.54) is 12.0 Å². The van der Waals surface area contributed by atoms with E-state index in [-0.39, 0.29) is 6.03 Å². The molecule has 3 amide bonds. The maximum atomic E-state index is 12.3. The summed E-state index contributed by atoms with van der Waals surface area (Å²) in [5.41, 5.74) is 1.50. The van der Waals surface area contributed by atoms with Crippen molar-refractivity contribution in [2.45, 2.75) is 26.1 Å². The smallest absolute Gasteiger partial charge is 0.409 e. The van der Waals surface area contributed by atoms with Crippen molar-refractivity contribution in [3.8, 4) is 0 Å². The van der Waals surface area contributed by atoms with Gasteiger partial charge in [0, 0.05) is 6.54 Å². The van der Waals surface area contributed by atoms with Crippen molar-refractivity contribution < 1.29 is 14.3 Å². The van der Waals surface area contributed by atoms with Crippen LogP contribution in [0.4, 0.5) is 21.0 Å². The first kappa shape index (κ1) is 15.0. The maximum absolute atomic E-state index is 12.3. The van der Waals surface area contributed by atoms with E-state index in [0.717, 1.165) is 18.5 Å². The average Bonchev–Trinajstić information content (AvgIpc) is 2.85. The summed E-state index contributed by atoms with van der Waals surface area (Å²) < 4.78 is 4.59. The van der Waals surface area contributed by atoms with Crippen LogP contribution >= 0.6 is 0 Å². The number of hydrogen-bond acceptors (Lipinski definition) is 4. The third-order valence-electron chi connectivity index (χ3n) is 3.18. The molecule has 1 aliphatic rings. The molecule has 0 aromatic heterocycles. The highest BCUT2D eigenvalue weighted by atomic mass is 16.5. The van der Waals surface area contributed by atoms with Crippen LogP contribution in [-0.4, -0.2) is 32.1 Å². The van der Waals surface area contributed by atoms with E-state index in [9.17, 15) is 9.59 Å². The number of para-hydroxylation sites is 2. The number of carbonyl (C=O) groups excluding carboxylic acids is 2. The number of anilines is 2. The van der Waals surface area contributed by atoms with E-state index in [2.05, 4.69) is 27.6 Å². The Morgan fingerprint density at radius 1 is 1.38 bits per heavy atom. The molecule has 0 radical (unpaired) electrons. The number of nitrogens with zero attached hydrogens (tertiary/aromatic N) is 1. The molecule has 1 aromatic rings. The van der Waals surface area contributed by atoms with E-state index >= 15 is 0 Å². The van der Waals surface area contributed by atoms with Gasteiger partial charge in [-0.25, -0.2) is 9.59 Å². The molecule has 0 aliphatic carbocycles. The van der Waals surface area contributed by atoms with Gasteiger partial charge in [-0.2, -0.15) is 0 Å². The van der Waals surface area contributed by atoms with Crippen LogP contribution < -0.4 is 20.9 Å². The predicted molar refractivity (Wildman–Crippen MR) is 80.2 cm³/mol. The van der Waals surface area contributed by atoms with Gasteiger partial charge in [-0.3, -0.25) is 10.2 Å². The summed E-state index contributed by atoms with van der Waals surface area (Å²) in [6.45, 7) is 2.65. The van der Waals surface area contributed by atoms with Gasteiger partial charge in [-0.1, -0.05) is 25.5 Å². The van der Waals surface area contributed by atoms with Gasteiger partial charge < -0.3 is 15.4 Å². The van der Waals surface area contributed by atoms with Crippen LogP contribution in [0.25, 0.3) is 0 Å². The summed E-state index contributed by atoms with van der Waals surface area (Å²) in [4.78, 5) is 25.2. The topological polar surface area (TPSA) is 82.7 Å². The molecular weight excluding hydrogens is 272 g/mol. The number of unbranched alkanes of at least 4 members (excludes halogenated alkanes) is 1. The zero-order chi connectivity index (χ0) is 15.2. The average molecular weight is 292 g/mol. The quantitative estimate of drug-likeness (QED) is 0.742. The molecule has 7 heteroatoms. The molecule has 1 aliphatic heterocycles. The lowest BCUT2D eigenvalue weighted by Gasteiger charge is -2.25. The fourth-order valence-corrected chi connectivity index (χ4v) is 2.11. The lowest BCUT2D eigenvalue weighted by Crippen LogP contribution is -2.55. The summed E-state index contributed by atoms with van der Waals surface area (Å²) in [7, 11) is 1.28. The molecule has 114 valence electrons. The summed E-state index contributed by atoms with van der Waals surface area (Å²) in [5.74, 6) is 0. The molecular formula is C14H20N4O3. The first-order valence-electron chi connectivity index (χ1n) is 6.94. The number of methoxy groups -OCH3 is 1. The molecule has 1 unspecified atom stereocenters. The van der Waals surface area contributed by atoms with Gasteiger partial charge in [-0.05, 0) is 18.6 Å². The monoisotopic (exact) mass is 292 g/mol. The number of rotatable bonds is 4. The number of amides is 3. The second-order valence-electron chi connectivity index (χ2n) is 4.66. The number of ether oxygens (including phenoxy) is 1. The lowest BCUT2D eigenvalue weighted by atomic mass is 10.3. The first-order valence-corrected chi connectivity index (χ1v) is 6.94. The Balaban J connectivity index is 2.14. The van der Waals surface area contributed by atoms with Gasteiger partial charge in [0.2, 0.25) is 0 Å². The van der Waals surface area contributed by atoms with Crippen molar-refractivity contribution in [2.24, 2.45) is 0 Å². The van der Waals surface area contributed by atoms with E-state index in [4.69, 9.17) is 0 Å². The number of hydrogen-bond donors (Lipinski definition) is 3. The largest absolute Gasteiger partial charge is 0.453 e. The second-order valence-corrected chi connectivity index (χ2v) is 4.66. The van der Waals surface area contributed by atoms with Crippen LogP contribution in [0.15, 0.2) is 24.3 Å². The fourth-order valence-electron chi connectivity index (χ4n) is 2.11. The molecule has 3 N–H and O–H groups in total. The van der Waals surface area contributed by atoms with Gasteiger partial charge in [-0.15, -0.1) is 0 Å². The number of alkyl carbamates (subject to hydrolysis) is 1. The van der Waals surface area contributed by atoms with Crippen LogP contribution in [0.1, 0.15) is 19.8 Å². The Kier molecular flexibility index (Phi) is 4.86. The third-order valence-corrected chi connectivity index (χ3v) is 3.18. The number of carbonyl (C=O) groups is 2. The van der Waals surface area contributed by atoms with Crippen LogP contribution in [0.2, 0.25) is 0 Å². The lowest BCUT2D eigenvalue weighted by molar-refractivity contribution is 0.168. The number of urea groups is 1. The Morgan fingerprint density at radius 2 is 2.14 bits per heavy atom. The Bertz CT molecular complexity index is 521. The Morgan fingerprint density at radius 3 is 2.86 bits per heavy atom. The van der Waals surface area contributed by atoms with Crippen molar-refractivity contribution in [1.29, 1.82) is 0 Å². The zero-order valence-electron chi connectivity index (χ0n) is 12.2. The Labute approximate surface area is 123 Å². The standard InChI is InChI=1S/C14H20N4O3/c1-3-4-9-15-13(19)18-11-8-6-5-7-10(11)16-12(18)17-14(20)21-2/h5-8,12,16H,3-4,9H2,1-2H3,(H,15,19)(H,17,20). The molecule has 0 saturated carbocycles. The highest BCUT2D eigenvalue weighted by Gasteiger charge is 2.34. The van der Waals surface area contributed by atoms with Crippen LogP contribution in [0.5, 0.6) is 0 Å². The van der Waals surface area contributed by atoms with Crippen LogP contribution in [0, 0.1) is 0 Å². The minimum Gasteiger partial charge on any atom is -0.453 e. The molecule has 1 atom stereocenters. The first-order chi connectivity index (χ1) is 10.2. The van der Waals surface area contributed by atoms with Gasteiger partial charge in [0.1, 0.15) is 0 Å².